The standard InChI is InChI=1S/C26H31N3O4/c1-17-7-9-20(10-8-17)16-29-19(3)22(18(2)28-29)11-12-26(30)27-15-23-24(32-5)13-21(31-4)14-25(23)33-6/h7-14H,15-16H2,1-6H3,(H,27,30)/b12-11+. The van der Waals surface area contributed by atoms with Gasteiger partial charge in [0.05, 0.1) is 45.7 Å². The second-order valence-corrected chi connectivity index (χ2v) is 7.79. The van der Waals surface area contributed by atoms with Gasteiger partial charge in [-0.25, -0.2) is 0 Å². The van der Waals surface area contributed by atoms with Gasteiger partial charge in [-0.3, -0.25) is 9.48 Å². The zero-order valence-corrected chi connectivity index (χ0v) is 20.1. The van der Waals surface area contributed by atoms with Crippen molar-refractivity contribution < 1.29 is 19.0 Å². The molecule has 7 nitrogen and oxygen atoms in total. The highest BCUT2D eigenvalue weighted by molar-refractivity contribution is 5.92. The van der Waals surface area contributed by atoms with E-state index in [1.54, 1.807) is 39.5 Å². The van der Waals surface area contributed by atoms with Gasteiger partial charge in [0.15, 0.2) is 0 Å². The lowest BCUT2D eigenvalue weighted by molar-refractivity contribution is -0.116. The molecule has 0 aliphatic rings. The molecule has 0 radical (unpaired) electrons. The average molecular weight is 450 g/mol. The number of ether oxygens (including phenoxy) is 3. The van der Waals surface area contributed by atoms with E-state index in [4.69, 9.17) is 14.2 Å². The van der Waals surface area contributed by atoms with E-state index in [1.807, 2.05) is 18.5 Å². The first-order valence-electron chi connectivity index (χ1n) is 10.7. The molecule has 0 fully saturated rings. The number of nitrogens with zero attached hydrogens (tertiary/aromatic N) is 2. The van der Waals surface area contributed by atoms with E-state index in [0.29, 0.717) is 23.8 Å². The number of methoxy groups -OCH3 is 3. The summed E-state index contributed by atoms with van der Waals surface area (Å²) in [5.74, 6) is 1.56. The smallest absolute Gasteiger partial charge is 0.244 e. The Morgan fingerprint density at radius 1 is 1.00 bits per heavy atom. The highest BCUT2D eigenvalue weighted by Crippen LogP contribution is 2.33. The SMILES string of the molecule is COc1cc(OC)c(CNC(=O)/C=C/c2c(C)nn(Cc3ccc(C)cc3)c2C)c(OC)c1. The Kier molecular flexibility index (Phi) is 7.77. The molecule has 0 unspecified atom stereocenters. The van der Waals surface area contributed by atoms with E-state index in [1.165, 1.54) is 17.2 Å². The van der Waals surface area contributed by atoms with Crippen molar-refractivity contribution in [2.45, 2.75) is 33.9 Å². The van der Waals surface area contributed by atoms with Crippen molar-refractivity contribution in [1.29, 1.82) is 0 Å². The topological polar surface area (TPSA) is 74.6 Å². The van der Waals surface area contributed by atoms with Gasteiger partial charge in [-0.05, 0) is 32.4 Å². The molecule has 0 aliphatic heterocycles. The van der Waals surface area contributed by atoms with E-state index < -0.39 is 0 Å². The molecule has 1 aromatic heterocycles. The number of aryl methyl sites for hydroxylation is 2. The summed E-state index contributed by atoms with van der Waals surface area (Å²) in [6.07, 6.45) is 3.33. The van der Waals surface area contributed by atoms with Crippen molar-refractivity contribution in [3.8, 4) is 17.2 Å². The fourth-order valence-electron chi connectivity index (χ4n) is 3.62. The molecule has 2 aromatic carbocycles. The Morgan fingerprint density at radius 3 is 2.21 bits per heavy atom. The van der Waals surface area contributed by atoms with Gasteiger partial charge in [0.2, 0.25) is 5.91 Å². The number of hydrogen-bond acceptors (Lipinski definition) is 5. The van der Waals surface area contributed by atoms with Crippen LogP contribution in [0.3, 0.4) is 0 Å². The predicted octanol–water partition coefficient (Wildman–Crippen LogP) is 4.21. The number of carbonyl (C=O) groups is 1. The molecule has 33 heavy (non-hydrogen) atoms. The monoisotopic (exact) mass is 449 g/mol. The van der Waals surface area contributed by atoms with Crippen LogP contribution in [0.25, 0.3) is 6.08 Å². The summed E-state index contributed by atoms with van der Waals surface area (Å²) in [5.41, 5.74) is 5.98. The number of rotatable bonds is 9. The van der Waals surface area contributed by atoms with Crippen LogP contribution in [0.5, 0.6) is 17.2 Å². The first-order chi connectivity index (χ1) is 15.9. The van der Waals surface area contributed by atoms with Crippen molar-refractivity contribution in [1.82, 2.24) is 15.1 Å². The Balaban J connectivity index is 1.70. The van der Waals surface area contributed by atoms with Crippen LogP contribution in [0.15, 0.2) is 42.5 Å². The van der Waals surface area contributed by atoms with E-state index >= 15 is 0 Å². The third-order valence-electron chi connectivity index (χ3n) is 5.55. The van der Waals surface area contributed by atoms with E-state index in [2.05, 4.69) is 41.6 Å². The lowest BCUT2D eigenvalue weighted by Gasteiger charge is -2.15. The summed E-state index contributed by atoms with van der Waals surface area (Å²) in [6.45, 7) is 6.97. The highest BCUT2D eigenvalue weighted by Gasteiger charge is 2.14. The molecule has 174 valence electrons. The molecule has 1 amide bonds. The van der Waals surface area contributed by atoms with Crippen LogP contribution < -0.4 is 19.5 Å². The molecule has 1 heterocycles. The number of benzene rings is 2. The fraction of sp³-hybridized carbons (Fsp3) is 0.308. The maximum atomic E-state index is 12.5. The fourth-order valence-corrected chi connectivity index (χ4v) is 3.62. The van der Waals surface area contributed by atoms with Gasteiger partial charge in [0.25, 0.3) is 0 Å². The maximum absolute atomic E-state index is 12.5. The van der Waals surface area contributed by atoms with Gasteiger partial charge >= 0.3 is 0 Å². The summed E-state index contributed by atoms with van der Waals surface area (Å²) in [5, 5.41) is 7.54. The van der Waals surface area contributed by atoms with Crippen LogP contribution in [0.1, 0.15) is 33.6 Å². The molecule has 0 aliphatic carbocycles. The average Bonchev–Trinajstić information content (AvgIpc) is 3.08. The van der Waals surface area contributed by atoms with Crippen LogP contribution >= 0.6 is 0 Å². The summed E-state index contributed by atoms with van der Waals surface area (Å²) < 4.78 is 18.1. The van der Waals surface area contributed by atoms with Crippen LogP contribution in [0.2, 0.25) is 0 Å². The number of hydrogen-bond donors (Lipinski definition) is 1. The minimum Gasteiger partial charge on any atom is -0.496 e. The zero-order chi connectivity index (χ0) is 24.0. The van der Waals surface area contributed by atoms with Gasteiger partial charge in [-0.2, -0.15) is 5.10 Å². The van der Waals surface area contributed by atoms with Crippen molar-refractivity contribution in [2.24, 2.45) is 0 Å². The lowest BCUT2D eigenvalue weighted by Crippen LogP contribution is -2.21. The van der Waals surface area contributed by atoms with Crippen LogP contribution in [-0.2, 0) is 17.9 Å². The molecule has 1 N–H and O–H groups in total. The van der Waals surface area contributed by atoms with Gasteiger partial charge in [0.1, 0.15) is 17.2 Å². The zero-order valence-electron chi connectivity index (χ0n) is 20.1. The Bertz CT molecular complexity index is 1120. The van der Waals surface area contributed by atoms with E-state index in [9.17, 15) is 4.79 Å². The van der Waals surface area contributed by atoms with Crippen LogP contribution in [0.4, 0.5) is 0 Å². The lowest BCUT2D eigenvalue weighted by atomic mass is 10.1. The van der Waals surface area contributed by atoms with Gasteiger partial charge < -0.3 is 19.5 Å². The van der Waals surface area contributed by atoms with Crippen molar-refractivity contribution in [2.75, 3.05) is 21.3 Å². The van der Waals surface area contributed by atoms with Gasteiger partial charge in [0, 0.05) is 29.5 Å². The molecule has 0 atom stereocenters. The molecule has 0 saturated carbocycles. The van der Waals surface area contributed by atoms with E-state index in [-0.39, 0.29) is 12.5 Å². The predicted molar refractivity (Wildman–Crippen MR) is 129 cm³/mol. The molecule has 7 heteroatoms. The molecular weight excluding hydrogens is 418 g/mol. The quantitative estimate of drug-likeness (QED) is 0.495. The highest BCUT2D eigenvalue weighted by atomic mass is 16.5. The van der Waals surface area contributed by atoms with Crippen molar-refractivity contribution in [3.05, 3.63) is 76.1 Å². The summed E-state index contributed by atoms with van der Waals surface area (Å²) in [6, 6.07) is 11.9. The minimum absolute atomic E-state index is 0.222. The largest absolute Gasteiger partial charge is 0.496 e. The number of aromatic nitrogens is 2. The van der Waals surface area contributed by atoms with Crippen LogP contribution in [0, 0.1) is 20.8 Å². The molecule has 3 rings (SSSR count). The number of carbonyl (C=O) groups excluding carboxylic acids is 1. The first-order valence-corrected chi connectivity index (χ1v) is 10.7. The van der Waals surface area contributed by atoms with E-state index in [0.717, 1.165) is 22.5 Å². The number of amides is 1. The summed E-state index contributed by atoms with van der Waals surface area (Å²) in [4.78, 5) is 12.5. The normalized spacial score (nSPS) is 11.0. The first kappa shape index (κ1) is 23.9. The minimum atomic E-state index is -0.222. The third-order valence-corrected chi connectivity index (χ3v) is 5.55. The Morgan fingerprint density at radius 2 is 1.64 bits per heavy atom. The van der Waals surface area contributed by atoms with Gasteiger partial charge in [-0.15, -0.1) is 0 Å². The second kappa shape index (κ2) is 10.7. The van der Waals surface area contributed by atoms with Crippen molar-refractivity contribution in [3.63, 3.8) is 0 Å². The Labute approximate surface area is 195 Å². The molecule has 0 bridgehead atoms. The second-order valence-electron chi connectivity index (χ2n) is 7.79. The summed E-state index contributed by atoms with van der Waals surface area (Å²) >= 11 is 0. The van der Waals surface area contributed by atoms with Crippen molar-refractivity contribution >= 4 is 12.0 Å². The van der Waals surface area contributed by atoms with Gasteiger partial charge in [-0.1, -0.05) is 29.8 Å². The molecule has 0 spiro atoms. The molecule has 3 aromatic rings. The summed E-state index contributed by atoms with van der Waals surface area (Å²) in [7, 11) is 4.71. The molecule has 0 saturated heterocycles. The molecular formula is C26H31N3O4. The third kappa shape index (κ3) is 5.74. The number of nitrogens with one attached hydrogen (secondary N) is 1. The maximum Gasteiger partial charge on any atom is 0.244 e. The van der Waals surface area contributed by atoms with Crippen LogP contribution in [-0.4, -0.2) is 37.0 Å². The Hall–Kier alpha value is -3.74.